The fourth-order valence-corrected chi connectivity index (χ4v) is 2.33. The summed E-state index contributed by atoms with van der Waals surface area (Å²) in [5.74, 6) is -2.35. The molecule has 27 heavy (non-hydrogen) atoms. The molecule has 1 amide bonds. The van der Waals surface area contributed by atoms with E-state index in [1.807, 2.05) is 30.3 Å². The van der Waals surface area contributed by atoms with Gasteiger partial charge < -0.3 is 19.9 Å². The minimum absolute atomic E-state index is 0.131. The Hall–Kier alpha value is -2.57. The Labute approximate surface area is 160 Å². The van der Waals surface area contributed by atoms with E-state index >= 15 is 0 Å². The Morgan fingerprint density at radius 1 is 1.11 bits per heavy atom. The van der Waals surface area contributed by atoms with E-state index in [0.717, 1.165) is 5.56 Å². The normalized spacial score (nSPS) is 12.1. The number of aliphatic carboxylic acids is 1. The van der Waals surface area contributed by atoms with Gasteiger partial charge in [-0.05, 0) is 39.2 Å². The molecular formula is C20H29NO6. The predicted molar refractivity (Wildman–Crippen MR) is 100 cm³/mol. The number of hydrogen-bond donors (Lipinski definition) is 2. The van der Waals surface area contributed by atoms with Gasteiger partial charge in [0.1, 0.15) is 12.2 Å². The maximum atomic E-state index is 11.9. The molecule has 0 bridgehead atoms. The van der Waals surface area contributed by atoms with Gasteiger partial charge in [-0.15, -0.1) is 0 Å². The number of benzene rings is 1. The van der Waals surface area contributed by atoms with Crippen molar-refractivity contribution in [1.29, 1.82) is 0 Å². The minimum atomic E-state index is -1.02. The van der Waals surface area contributed by atoms with Crippen LogP contribution in [0.5, 0.6) is 0 Å². The molecule has 0 aliphatic heterocycles. The maximum absolute atomic E-state index is 11.9. The molecule has 0 aromatic heterocycles. The fraction of sp³-hybridized carbons (Fsp3) is 0.550. The summed E-state index contributed by atoms with van der Waals surface area (Å²) in [5, 5.41) is 11.9. The van der Waals surface area contributed by atoms with Gasteiger partial charge >= 0.3 is 18.0 Å². The first-order chi connectivity index (χ1) is 12.7. The lowest BCUT2D eigenvalue weighted by Crippen LogP contribution is -2.33. The Balaban J connectivity index is 2.26. The van der Waals surface area contributed by atoms with E-state index in [4.69, 9.17) is 9.47 Å². The molecule has 0 heterocycles. The van der Waals surface area contributed by atoms with Gasteiger partial charge in [0, 0.05) is 6.54 Å². The van der Waals surface area contributed by atoms with Crippen LogP contribution in [0.15, 0.2) is 30.3 Å². The zero-order chi connectivity index (χ0) is 20.3. The van der Waals surface area contributed by atoms with Crippen LogP contribution in [0.4, 0.5) is 4.79 Å². The molecule has 1 atom stereocenters. The third-order valence-electron chi connectivity index (χ3n) is 3.65. The number of unbranched alkanes of at least 4 members (excludes halogenated alkanes) is 1. The summed E-state index contributed by atoms with van der Waals surface area (Å²) >= 11 is 0. The van der Waals surface area contributed by atoms with Crippen molar-refractivity contribution < 1.29 is 29.0 Å². The summed E-state index contributed by atoms with van der Waals surface area (Å²) in [6, 6.07) is 9.21. The van der Waals surface area contributed by atoms with Crippen LogP contribution >= 0.6 is 0 Å². The molecule has 0 spiro atoms. The molecule has 7 heteroatoms. The van der Waals surface area contributed by atoms with Crippen LogP contribution in [-0.4, -0.2) is 35.3 Å². The zero-order valence-electron chi connectivity index (χ0n) is 16.2. The van der Waals surface area contributed by atoms with Crippen molar-refractivity contribution >= 4 is 18.0 Å². The van der Waals surface area contributed by atoms with Crippen LogP contribution in [0.25, 0.3) is 0 Å². The monoisotopic (exact) mass is 379 g/mol. The zero-order valence-corrected chi connectivity index (χ0v) is 16.2. The van der Waals surface area contributed by atoms with Crippen molar-refractivity contribution in [3.05, 3.63) is 35.9 Å². The number of amides is 1. The van der Waals surface area contributed by atoms with Crippen LogP contribution in [0.2, 0.25) is 0 Å². The van der Waals surface area contributed by atoms with Gasteiger partial charge in [0.15, 0.2) is 0 Å². The molecule has 0 saturated heterocycles. The molecule has 7 nitrogen and oxygen atoms in total. The smallest absolute Gasteiger partial charge is 0.407 e. The van der Waals surface area contributed by atoms with Gasteiger partial charge in [-0.2, -0.15) is 0 Å². The number of esters is 1. The lowest BCUT2D eigenvalue weighted by atomic mass is 9.98. The highest BCUT2D eigenvalue weighted by Crippen LogP contribution is 2.15. The van der Waals surface area contributed by atoms with E-state index in [0.29, 0.717) is 25.8 Å². The standard InChI is InChI=1S/C20H29NO6/c1-20(2,3)27-19(25)21-12-8-7-11-16(18(23)24)13-17(22)26-14-15-9-5-4-6-10-15/h4-6,9-10,16H,7-8,11-14H2,1-3H3,(H,21,25)(H,23,24)/t16-/m1/s1. The topological polar surface area (TPSA) is 102 Å². The van der Waals surface area contributed by atoms with E-state index < -0.39 is 29.6 Å². The van der Waals surface area contributed by atoms with Gasteiger partial charge in [-0.25, -0.2) is 4.79 Å². The number of alkyl carbamates (subject to hydrolysis) is 1. The second-order valence-corrected chi connectivity index (χ2v) is 7.31. The van der Waals surface area contributed by atoms with Crippen molar-refractivity contribution in [2.45, 2.75) is 58.7 Å². The highest BCUT2D eigenvalue weighted by Gasteiger charge is 2.22. The first-order valence-electron chi connectivity index (χ1n) is 9.06. The Morgan fingerprint density at radius 2 is 1.78 bits per heavy atom. The summed E-state index contributed by atoms with van der Waals surface area (Å²) in [5.41, 5.74) is 0.296. The number of carbonyl (C=O) groups is 3. The van der Waals surface area contributed by atoms with Gasteiger partial charge in [0.2, 0.25) is 0 Å². The van der Waals surface area contributed by atoms with Crippen molar-refractivity contribution in [3.63, 3.8) is 0 Å². The van der Waals surface area contributed by atoms with Crippen molar-refractivity contribution in [1.82, 2.24) is 5.32 Å². The Bertz CT molecular complexity index is 609. The van der Waals surface area contributed by atoms with Gasteiger partial charge in [0.25, 0.3) is 0 Å². The van der Waals surface area contributed by atoms with Crippen molar-refractivity contribution in [2.24, 2.45) is 5.92 Å². The molecule has 2 N–H and O–H groups in total. The molecular weight excluding hydrogens is 350 g/mol. The molecule has 1 aromatic rings. The van der Waals surface area contributed by atoms with E-state index in [1.165, 1.54) is 0 Å². The number of nitrogens with one attached hydrogen (secondary N) is 1. The summed E-state index contributed by atoms with van der Waals surface area (Å²) < 4.78 is 10.3. The first-order valence-corrected chi connectivity index (χ1v) is 9.06. The summed E-state index contributed by atoms with van der Waals surface area (Å²) in [6.07, 6.45) is 0.843. The summed E-state index contributed by atoms with van der Waals surface area (Å²) in [7, 11) is 0. The van der Waals surface area contributed by atoms with Crippen molar-refractivity contribution in [3.8, 4) is 0 Å². The number of carboxylic acid groups (broad SMARTS) is 1. The largest absolute Gasteiger partial charge is 0.481 e. The third kappa shape index (κ3) is 10.9. The number of hydrogen-bond acceptors (Lipinski definition) is 5. The lowest BCUT2D eigenvalue weighted by Gasteiger charge is -2.19. The molecule has 150 valence electrons. The van der Waals surface area contributed by atoms with Gasteiger partial charge in [-0.3, -0.25) is 9.59 Å². The summed E-state index contributed by atoms with van der Waals surface area (Å²) in [4.78, 5) is 34.7. The average Bonchev–Trinajstić information content (AvgIpc) is 2.57. The number of rotatable bonds is 10. The van der Waals surface area contributed by atoms with E-state index in [9.17, 15) is 19.5 Å². The Morgan fingerprint density at radius 3 is 2.37 bits per heavy atom. The quantitative estimate of drug-likeness (QED) is 0.476. The molecule has 0 aliphatic carbocycles. The Kier molecular flexibility index (Phi) is 9.33. The molecule has 1 aromatic carbocycles. The molecule has 0 saturated carbocycles. The van der Waals surface area contributed by atoms with Crippen LogP contribution in [0.3, 0.4) is 0 Å². The second kappa shape index (κ2) is 11.2. The molecule has 0 unspecified atom stereocenters. The highest BCUT2D eigenvalue weighted by molar-refractivity contribution is 5.78. The van der Waals surface area contributed by atoms with Crippen molar-refractivity contribution in [2.75, 3.05) is 6.54 Å². The number of ether oxygens (including phenoxy) is 2. The minimum Gasteiger partial charge on any atom is -0.481 e. The van der Waals surface area contributed by atoms with Crippen LogP contribution in [0.1, 0.15) is 52.0 Å². The SMILES string of the molecule is CC(C)(C)OC(=O)NCCCC[C@H](CC(=O)OCc1ccccc1)C(=O)O. The van der Waals surface area contributed by atoms with E-state index in [1.54, 1.807) is 20.8 Å². The van der Waals surface area contributed by atoms with Crippen LogP contribution in [0, 0.1) is 5.92 Å². The molecule has 0 aliphatic rings. The third-order valence-corrected chi connectivity index (χ3v) is 3.65. The molecule has 1 rings (SSSR count). The van der Waals surface area contributed by atoms with Crippen LogP contribution in [-0.2, 0) is 25.7 Å². The molecule has 0 fully saturated rings. The maximum Gasteiger partial charge on any atom is 0.407 e. The predicted octanol–water partition coefficient (Wildman–Crippen LogP) is 3.52. The van der Waals surface area contributed by atoms with E-state index in [-0.39, 0.29) is 13.0 Å². The second-order valence-electron chi connectivity index (χ2n) is 7.31. The fourth-order valence-electron chi connectivity index (χ4n) is 2.33. The first kappa shape index (κ1) is 22.5. The number of carbonyl (C=O) groups excluding carboxylic acids is 2. The average molecular weight is 379 g/mol. The number of carboxylic acids is 1. The molecule has 0 radical (unpaired) electrons. The van der Waals surface area contributed by atoms with Gasteiger partial charge in [-0.1, -0.05) is 36.8 Å². The van der Waals surface area contributed by atoms with Crippen LogP contribution < -0.4 is 5.32 Å². The van der Waals surface area contributed by atoms with E-state index in [2.05, 4.69) is 5.32 Å². The lowest BCUT2D eigenvalue weighted by molar-refractivity contribution is -0.152. The van der Waals surface area contributed by atoms with Gasteiger partial charge in [0.05, 0.1) is 12.3 Å². The highest BCUT2D eigenvalue weighted by atomic mass is 16.6. The summed E-state index contributed by atoms with van der Waals surface area (Å²) in [6.45, 7) is 5.86.